The maximum absolute atomic E-state index is 5.79. The molecule has 0 N–H and O–H groups in total. The van der Waals surface area contributed by atoms with Gasteiger partial charge in [0.25, 0.3) is 0 Å². The van der Waals surface area contributed by atoms with E-state index in [1.54, 1.807) is 12.3 Å². The number of aromatic nitrogens is 1. The average Bonchev–Trinajstić information content (AvgIpc) is 2.09. The minimum atomic E-state index is 0.296. The van der Waals surface area contributed by atoms with E-state index in [2.05, 4.69) is 25.8 Å². The molecular weight excluding hydrogens is 210 g/mol. The first-order valence-electron chi connectivity index (χ1n) is 5.13. The van der Waals surface area contributed by atoms with Crippen molar-refractivity contribution in [3.8, 4) is 5.75 Å². The molecule has 0 bridgehead atoms. The SMILES string of the molecule is Cc1cnc(Cl)cc1OCCC(C)(C)C. The summed E-state index contributed by atoms with van der Waals surface area (Å²) in [5.74, 6) is 0.833. The van der Waals surface area contributed by atoms with E-state index >= 15 is 0 Å². The number of hydrogen-bond acceptors (Lipinski definition) is 2. The van der Waals surface area contributed by atoms with Gasteiger partial charge < -0.3 is 4.74 Å². The first kappa shape index (κ1) is 12.3. The van der Waals surface area contributed by atoms with Crippen molar-refractivity contribution in [3.05, 3.63) is 23.0 Å². The van der Waals surface area contributed by atoms with E-state index in [0.29, 0.717) is 17.2 Å². The fourth-order valence-corrected chi connectivity index (χ4v) is 1.25. The molecule has 0 saturated carbocycles. The number of hydrogen-bond donors (Lipinski definition) is 0. The van der Waals surface area contributed by atoms with Gasteiger partial charge in [-0.15, -0.1) is 0 Å². The molecule has 84 valence electrons. The summed E-state index contributed by atoms with van der Waals surface area (Å²) in [5.41, 5.74) is 1.32. The molecule has 1 heterocycles. The zero-order valence-electron chi connectivity index (χ0n) is 9.80. The van der Waals surface area contributed by atoms with Gasteiger partial charge in [0.05, 0.1) is 6.61 Å². The highest BCUT2D eigenvalue weighted by Crippen LogP contribution is 2.23. The summed E-state index contributed by atoms with van der Waals surface area (Å²) >= 11 is 5.79. The van der Waals surface area contributed by atoms with Gasteiger partial charge in [0, 0.05) is 17.8 Å². The lowest BCUT2D eigenvalue weighted by Gasteiger charge is -2.18. The predicted molar refractivity (Wildman–Crippen MR) is 63.6 cm³/mol. The van der Waals surface area contributed by atoms with Crippen molar-refractivity contribution < 1.29 is 4.74 Å². The third-order valence-electron chi connectivity index (χ3n) is 2.13. The maximum atomic E-state index is 5.79. The third kappa shape index (κ3) is 4.52. The van der Waals surface area contributed by atoms with Gasteiger partial charge in [-0.3, -0.25) is 0 Å². The fourth-order valence-electron chi connectivity index (χ4n) is 1.10. The maximum Gasteiger partial charge on any atom is 0.132 e. The lowest BCUT2D eigenvalue weighted by molar-refractivity contribution is 0.242. The van der Waals surface area contributed by atoms with E-state index in [1.165, 1.54) is 0 Å². The Morgan fingerprint density at radius 3 is 2.67 bits per heavy atom. The molecular formula is C12H18ClNO. The summed E-state index contributed by atoms with van der Waals surface area (Å²) in [7, 11) is 0. The van der Waals surface area contributed by atoms with Crippen molar-refractivity contribution in [3.63, 3.8) is 0 Å². The summed E-state index contributed by atoms with van der Waals surface area (Å²) in [6.07, 6.45) is 2.75. The van der Waals surface area contributed by atoms with E-state index in [1.807, 2.05) is 6.92 Å². The molecule has 2 nitrogen and oxygen atoms in total. The molecule has 0 aliphatic heterocycles. The van der Waals surface area contributed by atoms with Crippen LogP contribution in [-0.4, -0.2) is 11.6 Å². The zero-order valence-corrected chi connectivity index (χ0v) is 10.6. The molecule has 0 amide bonds. The van der Waals surface area contributed by atoms with Crippen LogP contribution < -0.4 is 4.74 Å². The van der Waals surface area contributed by atoms with Crippen LogP contribution in [0.2, 0.25) is 5.15 Å². The topological polar surface area (TPSA) is 22.1 Å². The van der Waals surface area contributed by atoms with Crippen molar-refractivity contribution in [1.29, 1.82) is 0 Å². The van der Waals surface area contributed by atoms with Crippen LogP contribution in [0.3, 0.4) is 0 Å². The van der Waals surface area contributed by atoms with Crippen molar-refractivity contribution in [2.24, 2.45) is 5.41 Å². The van der Waals surface area contributed by atoms with Crippen LogP contribution in [0.1, 0.15) is 32.8 Å². The van der Waals surface area contributed by atoms with Crippen LogP contribution in [0.15, 0.2) is 12.3 Å². The number of ether oxygens (including phenoxy) is 1. The molecule has 0 aliphatic carbocycles. The van der Waals surface area contributed by atoms with E-state index in [0.717, 1.165) is 17.7 Å². The van der Waals surface area contributed by atoms with Crippen LogP contribution in [0.5, 0.6) is 5.75 Å². The number of halogens is 1. The van der Waals surface area contributed by atoms with Gasteiger partial charge in [-0.2, -0.15) is 0 Å². The van der Waals surface area contributed by atoms with Crippen LogP contribution in [0.4, 0.5) is 0 Å². The highest BCUT2D eigenvalue weighted by molar-refractivity contribution is 6.29. The number of rotatable bonds is 3. The van der Waals surface area contributed by atoms with Gasteiger partial charge in [-0.05, 0) is 18.8 Å². The summed E-state index contributed by atoms with van der Waals surface area (Å²) < 4.78 is 5.67. The lowest BCUT2D eigenvalue weighted by Crippen LogP contribution is -2.11. The summed E-state index contributed by atoms with van der Waals surface area (Å²) in [5, 5.41) is 0.478. The number of nitrogens with zero attached hydrogens (tertiary/aromatic N) is 1. The Labute approximate surface area is 96.6 Å². The highest BCUT2D eigenvalue weighted by Gasteiger charge is 2.10. The smallest absolute Gasteiger partial charge is 0.132 e. The minimum absolute atomic E-state index is 0.296. The van der Waals surface area contributed by atoms with Crippen LogP contribution in [0.25, 0.3) is 0 Å². The molecule has 3 heteroatoms. The van der Waals surface area contributed by atoms with E-state index in [4.69, 9.17) is 16.3 Å². The van der Waals surface area contributed by atoms with Gasteiger partial charge in [0.1, 0.15) is 10.9 Å². The molecule has 15 heavy (non-hydrogen) atoms. The van der Waals surface area contributed by atoms with Gasteiger partial charge in [0.15, 0.2) is 0 Å². The van der Waals surface area contributed by atoms with E-state index in [9.17, 15) is 0 Å². The van der Waals surface area contributed by atoms with Crippen LogP contribution in [0, 0.1) is 12.3 Å². The molecule has 0 aromatic carbocycles. The molecule has 1 rings (SSSR count). The second-order valence-electron chi connectivity index (χ2n) is 4.93. The Hall–Kier alpha value is -0.760. The summed E-state index contributed by atoms with van der Waals surface area (Å²) in [6.45, 7) is 9.27. The molecule has 0 saturated heterocycles. The average molecular weight is 228 g/mol. The first-order valence-corrected chi connectivity index (χ1v) is 5.51. The van der Waals surface area contributed by atoms with Gasteiger partial charge in [-0.25, -0.2) is 4.98 Å². The Bertz CT molecular complexity index is 331. The second-order valence-corrected chi connectivity index (χ2v) is 5.32. The van der Waals surface area contributed by atoms with Crippen molar-refractivity contribution in [1.82, 2.24) is 4.98 Å². The normalized spacial score (nSPS) is 11.5. The van der Waals surface area contributed by atoms with Crippen molar-refractivity contribution in [2.45, 2.75) is 34.1 Å². The predicted octanol–water partition coefficient (Wildman–Crippen LogP) is 3.86. The molecule has 0 spiro atoms. The minimum Gasteiger partial charge on any atom is -0.493 e. The molecule has 0 atom stereocenters. The van der Waals surface area contributed by atoms with Crippen molar-refractivity contribution in [2.75, 3.05) is 6.61 Å². The lowest BCUT2D eigenvalue weighted by atomic mass is 9.93. The zero-order chi connectivity index (χ0) is 11.5. The monoisotopic (exact) mass is 227 g/mol. The van der Waals surface area contributed by atoms with Crippen LogP contribution in [-0.2, 0) is 0 Å². The summed E-state index contributed by atoms with van der Waals surface area (Å²) in [4.78, 5) is 3.98. The quantitative estimate of drug-likeness (QED) is 0.732. The van der Waals surface area contributed by atoms with Gasteiger partial charge in [0.2, 0.25) is 0 Å². The van der Waals surface area contributed by atoms with Crippen LogP contribution >= 0.6 is 11.6 Å². The third-order valence-corrected chi connectivity index (χ3v) is 2.34. The molecule has 0 aliphatic rings. The molecule has 0 fully saturated rings. The Kier molecular flexibility index (Phi) is 3.97. The number of aryl methyl sites for hydroxylation is 1. The Balaban J connectivity index is 2.54. The Morgan fingerprint density at radius 2 is 2.07 bits per heavy atom. The molecule has 1 aromatic rings. The van der Waals surface area contributed by atoms with Gasteiger partial charge in [-0.1, -0.05) is 32.4 Å². The summed E-state index contributed by atoms with van der Waals surface area (Å²) in [6, 6.07) is 1.76. The van der Waals surface area contributed by atoms with Crippen molar-refractivity contribution >= 4 is 11.6 Å². The Morgan fingerprint density at radius 1 is 1.40 bits per heavy atom. The fraction of sp³-hybridized carbons (Fsp3) is 0.583. The number of pyridine rings is 1. The van der Waals surface area contributed by atoms with Gasteiger partial charge >= 0.3 is 0 Å². The molecule has 1 aromatic heterocycles. The molecule has 0 radical (unpaired) electrons. The largest absolute Gasteiger partial charge is 0.493 e. The first-order chi connectivity index (χ1) is 6.88. The van der Waals surface area contributed by atoms with E-state index < -0.39 is 0 Å². The second kappa shape index (κ2) is 4.84. The standard InChI is InChI=1S/C12H18ClNO/c1-9-8-14-11(13)7-10(9)15-6-5-12(2,3)4/h7-8H,5-6H2,1-4H3. The highest BCUT2D eigenvalue weighted by atomic mass is 35.5. The van der Waals surface area contributed by atoms with E-state index in [-0.39, 0.29) is 0 Å². The molecule has 0 unspecified atom stereocenters.